The molecule has 90 valence electrons. The molecule has 0 aliphatic carbocycles. The minimum atomic E-state index is -0.221. The van der Waals surface area contributed by atoms with E-state index in [1.165, 1.54) is 6.07 Å². The summed E-state index contributed by atoms with van der Waals surface area (Å²) < 4.78 is 15.1. The highest BCUT2D eigenvalue weighted by Crippen LogP contribution is 2.23. The fraction of sp³-hybridized carbons (Fsp3) is 0.308. The van der Waals surface area contributed by atoms with Gasteiger partial charge < -0.3 is 5.32 Å². The van der Waals surface area contributed by atoms with Gasteiger partial charge in [-0.1, -0.05) is 6.07 Å². The summed E-state index contributed by atoms with van der Waals surface area (Å²) in [5.41, 5.74) is 2.87. The van der Waals surface area contributed by atoms with Gasteiger partial charge in [0, 0.05) is 13.2 Å². The Morgan fingerprint density at radius 2 is 2.12 bits per heavy atom. The molecule has 0 saturated carbocycles. The number of halogens is 1. The zero-order chi connectivity index (χ0) is 12.4. The smallest absolute Gasteiger partial charge is 0.123 e. The van der Waals surface area contributed by atoms with Gasteiger partial charge in [0.25, 0.3) is 0 Å². The molecular formula is C13H16FN3. The Labute approximate surface area is 100 Å². The third-order valence-electron chi connectivity index (χ3n) is 2.87. The maximum absolute atomic E-state index is 13.3. The Hall–Kier alpha value is -1.68. The predicted molar refractivity (Wildman–Crippen MR) is 65.2 cm³/mol. The van der Waals surface area contributed by atoms with Gasteiger partial charge in [-0.05, 0) is 43.3 Å². The number of aryl methyl sites for hydroxylation is 2. The summed E-state index contributed by atoms with van der Waals surface area (Å²) in [6.45, 7) is 1.97. The molecule has 0 bridgehead atoms. The number of hydrogen-bond acceptors (Lipinski definition) is 2. The molecule has 0 saturated heterocycles. The van der Waals surface area contributed by atoms with Crippen molar-refractivity contribution in [2.75, 3.05) is 7.05 Å². The number of aromatic nitrogens is 2. The maximum Gasteiger partial charge on any atom is 0.123 e. The fourth-order valence-corrected chi connectivity index (χ4v) is 1.97. The highest BCUT2D eigenvalue weighted by atomic mass is 19.1. The normalized spacial score (nSPS) is 12.7. The van der Waals surface area contributed by atoms with Crippen LogP contribution in [0.2, 0.25) is 0 Å². The first-order valence-corrected chi connectivity index (χ1v) is 5.54. The van der Waals surface area contributed by atoms with Crippen LogP contribution in [-0.4, -0.2) is 16.8 Å². The third-order valence-corrected chi connectivity index (χ3v) is 2.87. The monoisotopic (exact) mass is 233 g/mol. The van der Waals surface area contributed by atoms with Gasteiger partial charge in [-0.2, -0.15) is 5.10 Å². The Morgan fingerprint density at radius 3 is 2.71 bits per heavy atom. The van der Waals surface area contributed by atoms with Crippen LogP contribution in [-0.2, 0) is 7.05 Å². The van der Waals surface area contributed by atoms with Crippen LogP contribution >= 0.6 is 0 Å². The molecule has 0 spiro atoms. The quantitative estimate of drug-likeness (QED) is 0.880. The van der Waals surface area contributed by atoms with Crippen molar-refractivity contribution in [3.8, 4) is 0 Å². The van der Waals surface area contributed by atoms with Crippen LogP contribution in [0.3, 0.4) is 0 Å². The first-order valence-electron chi connectivity index (χ1n) is 5.54. The summed E-state index contributed by atoms with van der Waals surface area (Å²) in [6.07, 6.45) is 1.88. The van der Waals surface area contributed by atoms with Crippen LogP contribution in [0.1, 0.15) is 22.9 Å². The summed E-state index contributed by atoms with van der Waals surface area (Å²) in [5.74, 6) is -0.221. The summed E-state index contributed by atoms with van der Waals surface area (Å²) in [5, 5.41) is 7.53. The molecule has 3 nitrogen and oxygen atoms in total. The van der Waals surface area contributed by atoms with Crippen LogP contribution in [0.5, 0.6) is 0 Å². The van der Waals surface area contributed by atoms with Gasteiger partial charge in [-0.25, -0.2) is 4.39 Å². The van der Waals surface area contributed by atoms with Gasteiger partial charge >= 0.3 is 0 Å². The largest absolute Gasteiger partial charge is 0.308 e. The molecule has 1 N–H and O–H groups in total. The standard InChI is InChI=1S/C13H16FN3/c1-9-4-5-10(14)8-11(9)13(15-2)12-6-7-17(3)16-12/h4-8,13,15H,1-3H3. The van der Waals surface area contributed by atoms with Crippen molar-refractivity contribution in [2.24, 2.45) is 7.05 Å². The van der Waals surface area contributed by atoms with Gasteiger partial charge in [0.1, 0.15) is 5.82 Å². The molecule has 1 atom stereocenters. The van der Waals surface area contributed by atoms with Gasteiger partial charge in [-0.3, -0.25) is 4.68 Å². The Morgan fingerprint density at radius 1 is 1.35 bits per heavy atom. The van der Waals surface area contributed by atoms with Gasteiger partial charge in [0.05, 0.1) is 11.7 Å². The Bertz CT molecular complexity index is 519. The molecule has 1 unspecified atom stereocenters. The molecule has 2 aromatic rings. The molecule has 0 aliphatic rings. The maximum atomic E-state index is 13.3. The lowest BCUT2D eigenvalue weighted by molar-refractivity contribution is 0.606. The summed E-state index contributed by atoms with van der Waals surface area (Å²) >= 11 is 0. The van der Waals surface area contributed by atoms with Crippen LogP contribution < -0.4 is 5.32 Å². The van der Waals surface area contributed by atoms with E-state index in [-0.39, 0.29) is 11.9 Å². The van der Waals surface area contributed by atoms with Gasteiger partial charge in [0.15, 0.2) is 0 Å². The lowest BCUT2D eigenvalue weighted by Gasteiger charge is -2.16. The zero-order valence-electron chi connectivity index (χ0n) is 10.2. The Balaban J connectivity index is 2.45. The van der Waals surface area contributed by atoms with E-state index in [0.29, 0.717) is 0 Å². The number of nitrogens with one attached hydrogen (secondary N) is 1. The lowest BCUT2D eigenvalue weighted by Crippen LogP contribution is -2.19. The van der Waals surface area contributed by atoms with Crippen molar-refractivity contribution < 1.29 is 4.39 Å². The van der Waals surface area contributed by atoms with E-state index in [1.54, 1.807) is 16.8 Å². The second-order valence-corrected chi connectivity index (χ2v) is 4.14. The van der Waals surface area contributed by atoms with Crippen molar-refractivity contribution in [3.63, 3.8) is 0 Å². The number of rotatable bonds is 3. The summed E-state index contributed by atoms with van der Waals surface area (Å²) in [7, 11) is 3.72. The molecule has 0 radical (unpaired) electrons. The zero-order valence-corrected chi connectivity index (χ0v) is 10.2. The van der Waals surface area contributed by atoms with E-state index in [1.807, 2.05) is 33.3 Å². The van der Waals surface area contributed by atoms with E-state index in [9.17, 15) is 4.39 Å². The molecule has 0 fully saturated rings. The molecule has 2 rings (SSSR count). The van der Waals surface area contributed by atoms with Crippen molar-refractivity contribution in [3.05, 3.63) is 53.1 Å². The molecule has 0 amide bonds. The minimum Gasteiger partial charge on any atom is -0.308 e. The SMILES string of the molecule is CNC(c1ccn(C)n1)c1cc(F)ccc1C. The first-order chi connectivity index (χ1) is 8.11. The van der Waals surface area contributed by atoms with Gasteiger partial charge in [-0.15, -0.1) is 0 Å². The van der Waals surface area contributed by atoms with Crippen LogP contribution in [0, 0.1) is 12.7 Å². The molecule has 1 aromatic heterocycles. The van der Waals surface area contributed by atoms with Crippen molar-refractivity contribution >= 4 is 0 Å². The van der Waals surface area contributed by atoms with E-state index in [2.05, 4.69) is 10.4 Å². The van der Waals surface area contributed by atoms with E-state index in [0.717, 1.165) is 16.8 Å². The summed E-state index contributed by atoms with van der Waals surface area (Å²) in [6, 6.07) is 6.69. The summed E-state index contributed by atoms with van der Waals surface area (Å²) in [4.78, 5) is 0. The van der Waals surface area contributed by atoms with E-state index in [4.69, 9.17) is 0 Å². The molecule has 1 heterocycles. The number of nitrogens with zero attached hydrogens (tertiary/aromatic N) is 2. The van der Waals surface area contributed by atoms with Crippen LogP contribution in [0.15, 0.2) is 30.5 Å². The average Bonchev–Trinajstić information content (AvgIpc) is 2.71. The van der Waals surface area contributed by atoms with Crippen LogP contribution in [0.25, 0.3) is 0 Å². The molecule has 0 aliphatic heterocycles. The van der Waals surface area contributed by atoms with E-state index >= 15 is 0 Å². The molecule has 17 heavy (non-hydrogen) atoms. The molecule has 4 heteroatoms. The van der Waals surface area contributed by atoms with Crippen molar-refractivity contribution in [1.82, 2.24) is 15.1 Å². The fourth-order valence-electron chi connectivity index (χ4n) is 1.97. The number of hydrogen-bond donors (Lipinski definition) is 1. The highest BCUT2D eigenvalue weighted by Gasteiger charge is 2.17. The number of benzene rings is 1. The second kappa shape index (κ2) is 4.67. The second-order valence-electron chi connectivity index (χ2n) is 4.14. The predicted octanol–water partition coefficient (Wildman–Crippen LogP) is 2.18. The topological polar surface area (TPSA) is 29.9 Å². The first kappa shape index (κ1) is 11.8. The molecule has 1 aromatic carbocycles. The Kier molecular flexibility index (Phi) is 3.24. The highest BCUT2D eigenvalue weighted by molar-refractivity contribution is 5.34. The van der Waals surface area contributed by atoms with E-state index < -0.39 is 0 Å². The average molecular weight is 233 g/mol. The minimum absolute atomic E-state index is 0.0769. The lowest BCUT2D eigenvalue weighted by atomic mass is 9.99. The van der Waals surface area contributed by atoms with Crippen LogP contribution in [0.4, 0.5) is 4.39 Å². The third kappa shape index (κ3) is 2.36. The van der Waals surface area contributed by atoms with Crippen molar-refractivity contribution in [2.45, 2.75) is 13.0 Å². The van der Waals surface area contributed by atoms with Crippen molar-refractivity contribution in [1.29, 1.82) is 0 Å². The molecular weight excluding hydrogens is 217 g/mol. The van der Waals surface area contributed by atoms with Gasteiger partial charge in [0.2, 0.25) is 0 Å².